The van der Waals surface area contributed by atoms with Crippen molar-refractivity contribution < 1.29 is 9.13 Å². The van der Waals surface area contributed by atoms with Crippen LogP contribution in [0.2, 0.25) is 0 Å². The van der Waals surface area contributed by atoms with Gasteiger partial charge in [0.1, 0.15) is 0 Å². The highest BCUT2D eigenvalue weighted by atomic mass is 19.1. The zero-order valence-electron chi connectivity index (χ0n) is 16.7. The van der Waals surface area contributed by atoms with Gasteiger partial charge in [-0.05, 0) is 62.1 Å². The normalized spacial score (nSPS) is 13.6. The first-order chi connectivity index (χ1) is 13.0. The summed E-state index contributed by atoms with van der Waals surface area (Å²) in [6, 6.07) is 5.01. The first-order valence-electron chi connectivity index (χ1n) is 9.17. The third kappa shape index (κ3) is 5.36. The maximum atomic E-state index is 14.0. The standard InChI is InChI=1S/C23H27FN2O/c1-6-8-16(3)12-18(9-7-2)26-15-17(4)19-10-11-25-22-14-21(24)23(27-5)13-20(19)22/h6,8,10-15H,7,9H2,1-5H3/b8-6-,16-12-,17-15+,26-18-. The maximum Gasteiger partial charge on any atom is 0.167 e. The Bertz CT molecular complexity index is 923. The van der Waals surface area contributed by atoms with Crippen LogP contribution in [0.5, 0.6) is 5.75 Å². The molecule has 0 saturated carbocycles. The van der Waals surface area contributed by atoms with Crippen LogP contribution in [0.25, 0.3) is 16.5 Å². The summed E-state index contributed by atoms with van der Waals surface area (Å²) in [6.45, 7) is 8.21. The van der Waals surface area contributed by atoms with Gasteiger partial charge in [0.2, 0.25) is 0 Å². The van der Waals surface area contributed by atoms with Gasteiger partial charge in [0.15, 0.2) is 11.6 Å². The molecule has 0 spiro atoms. The van der Waals surface area contributed by atoms with Crippen LogP contribution in [0.3, 0.4) is 0 Å². The summed E-state index contributed by atoms with van der Waals surface area (Å²) >= 11 is 0. The molecule has 0 N–H and O–H groups in total. The lowest BCUT2D eigenvalue weighted by Gasteiger charge is -2.09. The average Bonchev–Trinajstić information content (AvgIpc) is 2.65. The van der Waals surface area contributed by atoms with Crippen LogP contribution in [0.15, 0.2) is 59.4 Å². The van der Waals surface area contributed by atoms with E-state index in [0.717, 1.165) is 35.1 Å². The molecule has 142 valence electrons. The molecule has 0 amide bonds. The molecule has 1 aromatic carbocycles. The fourth-order valence-corrected chi connectivity index (χ4v) is 2.90. The first-order valence-corrected chi connectivity index (χ1v) is 9.17. The van der Waals surface area contributed by atoms with E-state index in [0.29, 0.717) is 5.52 Å². The smallest absolute Gasteiger partial charge is 0.167 e. The van der Waals surface area contributed by atoms with Gasteiger partial charge in [0.25, 0.3) is 0 Å². The molecular formula is C23H27FN2O. The number of ether oxygens (including phenoxy) is 1. The predicted molar refractivity (Wildman–Crippen MR) is 113 cm³/mol. The molecule has 0 saturated heterocycles. The second-order valence-corrected chi connectivity index (χ2v) is 6.43. The summed E-state index contributed by atoms with van der Waals surface area (Å²) in [4.78, 5) is 8.97. The number of nitrogens with zero attached hydrogens (tertiary/aromatic N) is 2. The van der Waals surface area contributed by atoms with E-state index in [-0.39, 0.29) is 5.75 Å². The predicted octanol–water partition coefficient (Wildman–Crippen LogP) is 6.51. The fourth-order valence-electron chi connectivity index (χ4n) is 2.90. The van der Waals surface area contributed by atoms with Gasteiger partial charge in [-0.3, -0.25) is 9.98 Å². The highest BCUT2D eigenvalue weighted by Crippen LogP contribution is 2.29. The van der Waals surface area contributed by atoms with E-state index in [1.807, 2.05) is 32.2 Å². The minimum absolute atomic E-state index is 0.213. The Hall–Kier alpha value is -2.75. The van der Waals surface area contributed by atoms with Gasteiger partial charge in [0, 0.05) is 29.6 Å². The van der Waals surface area contributed by atoms with E-state index in [1.165, 1.54) is 18.7 Å². The zero-order chi connectivity index (χ0) is 19.8. The minimum atomic E-state index is -0.413. The molecule has 0 atom stereocenters. The molecule has 3 nitrogen and oxygen atoms in total. The zero-order valence-corrected chi connectivity index (χ0v) is 16.7. The van der Waals surface area contributed by atoms with Gasteiger partial charge >= 0.3 is 0 Å². The van der Waals surface area contributed by atoms with E-state index >= 15 is 0 Å². The summed E-state index contributed by atoms with van der Waals surface area (Å²) in [5.41, 5.74) is 4.76. The molecule has 0 radical (unpaired) electrons. The SMILES string of the molecule is C\C=C/C(C)=C\C(CCC)=N/C=C(\C)c1ccnc2cc(F)c(OC)cc12. The molecule has 0 aliphatic heterocycles. The number of methoxy groups -OCH3 is 1. The Morgan fingerprint density at radius 1 is 1.30 bits per heavy atom. The maximum absolute atomic E-state index is 14.0. The van der Waals surface area contributed by atoms with Crippen LogP contribution >= 0.6 is 0 Å². The second-order valence-electron chi connectivity index (χ2n) is 6.43. The summed E-state index contributed by atoms with van der Waals surface area (Å²) in [5.74, 6) is -0.200. The molecule has 2 rings (SSSR count). The highest BCUT2D eigenvalue weighted by Gasteiger charge is 2.10. The van der Waals surface area contributed by atoms with Crippen LogP contribution < -0.4 is 4.74 Å². The van der Waals surface area contributed by atoms with Gasteiger partial charge in [-0.1, -0.05) is 25.5 Å². The monoisotopic (exact) mass is 366 g/mol. The number of aliphatic imine (C=N–C) groups is 1. The molecule has 0 aliphatic carbocycles. The number of pyridine rings is 1. The van der Waals surface area contributed by atoms with Crippen molar-refractivity contribution in [3.63, 3.8) is 0 Å². The van der Waals surface area contributed by atoms with Crippen molar-refractivity contribution in [2.45, 2.75) is 40.5 Å². The lowest BCUT2D eigenvalue weighted by molar-refractivity contribution is 0.387. The number of hydrogen-bond acceptors (Lipinski definition) is 3. The van der Waals surface area contributed by atoms with Crippen molar-refractivity contribution in [2.75, 3.05) is 7.11 Å². The van der Waals surface area contributed by atoms with Crippen LogP contribution in [-0.4, -0.2) is 17.8 Å². The van der Waals surface area contributed by atoms with Gasteiger partial charge < -0.3 is 4.74 Å². The summed E-state index contributed by atoms with van der Waals surface area (Å²) in [5, 5.41) is 0.845. The average molecular weight is 366 g/mol. The molecule has 1 heterocycles. The van der Waals surface area contributed by atoms with E-state index in [1.54, 1.807) is 12.3 Å². The van der Waals surface area contributed by atoms with E-state index in [4.69, 9.17) is 9.73 Å². The van der Waals surface area contributed by atoms with Gasteiger partial charge in [0.05, 0.1) is 12.6 Å². The number of rotatable bonds is 7. The fraction of sp³-hybridized carbons (Fsp3) is 0.304. The molecule has 2 aromatic rings. The Kier molecular flexibility index (Phi) is 7.47. The summed E-state index contributed by atoms with van der Waals surface area (Å²) in [6.07, 6.45) is 11.7. The molecule has 0 bridgehead atoms. The van der Waals surface area contributed by atoms with Gasteiger partial charge in [-0.2, -0.15) is 0 Å². The van der Waals surface area contributed by atoms with Gasteiger partial charge in [-0.25, -0.2) is 4.39 Å². The van der Waals surface area contributed by atoms with Crippen molar-refractivity contribution in [1.29, 1.82) is 0 Å². The third-order valence-electron chi connectivity index (χ3n) is 4.19. The van der Waals surface area contributed by atoms with Crippen molar-refractivity contribution in [3.8, 4) is 5.75 Å². The lowest BCUT2D eigenvalue weighted by atomic mass is 10.0. The Labute approximate surface area is 161 Å². The third-order valence-corrected chi connectivity index (χ3v) is 4.19. The van der Waals surface area contributed by atoms with E-state index in [2.05, 4.69) is 31.0 Å². The van der Waals surface area contributed by atoms with Crippen LogP contribution in [0.4, 0.5) is 4.39 Å². The highest BCUT2D eigenvalue weighted by molar-refractivity contribution is 5.97. The number of aromatic nitrogens is 1. The molecule has 27 heavy (non-hydrogen) atoms. The molecule has 1 aromatic heterocycles. The number of benzene rings is 1. The van der Waals surface area contributed by atoms with Crippen molar-refractivity contribution in [2.24, 2.45) is 4.99 Å². The Morgan fingerprint density at radius 3 is 2.74 bits per heavy atom. The molecule has 4 heteroatoms. The Morgan fingerprint density at radius 2 is 2.07 bits per heavy atom. The van der Waals surface area contributed by atoms with Crippen molar-refractivity contribution in [3.05, 3.63) is 65.8 Å². The Balaban J connectivity index is 2.48. The molecule has 0 fully saturated rings. The van der Waals surface area contributed by atoms with Crippen LogP contribution in [-0.2, 0) is 0 Å². The number of fused-ring (bicyclic) bond motifs is 1. The minimum Gasteiger partial charge on any atom is -0.494 e. The first kappa shape index (κ1) is 20.6. The second kappa shape index (κ2) is 9.81. The van der Waals surface area contributed by atoms with E-state index < -0.39 is 5.82 Å². The number of halogens is 1. The molecule has 0 unspecified atom stereocenters. The summed E-state index contributed by atoms with van der Waals surface area (Å²) < 4.78 is 19.1. The molecule has 0 aliphatic rings. The molecular weight excluding hydrogens is 339 g/mol. The lowest BCUT2D eigenvalue weighted by Crippen LogP contribution is -1.94. The van der Waals surface area contributed by atoms with Crippen LogP contribution in [0, 0.1) is 5.82 Å². The van der Waals surface area contributed by atoms with E-state index in [9.17, 15) is 4.39 Å². The quantitative estimate of drug-likeness (QED) is 0.414. The largest absolute Gasteiger partial charge is 0.494 e. The number of allylic oxidation sites excluding steroid dienone is 5. The van der Waals surface area contributed by atoms with Crippen molar-refractivity contribution >= 4 is 22.2 Å². The van der Waals surface area contributed by atoms with Gasteiger partial charge in [-0.15, -0.1) is 0 Å². The number of hydrogen-bond donors (Lipinski definition) is 0. The summed E-state index contributed by atoms with van der Waals surface area (Å²) in [7, 11) is 1.46. The topological polar surface area (TPSA) is 34.5 Å². The van der Waals surface area contributed by atoms with Crippen LogP contribution in [0.1, 0.15) is 46.1 Å². The van der Waals surface area contributed by atoms with Crippen molar-refractivity contribution in [1.82, 2.24) is 4.98 Å².